The summed E-state index contributed by atoms with van der Waals surface area (Å²) >= 11 is 0. The fraction of sp³-hybridized carbons (Fsp3) is 1.00. The second kappa shape index (κ2) is 4.73. The topological polar surface area (TPSA) is 18.5 Å². The fourth-order valence-corrected chi connectivity index (χ4v) is 1.52. The van der Waals surface area contributed by atoms with Crippen molar-refractivity contribution in [2.45, 2.75) is 38.9 Å². The molecule has 0 aromatic heterocycles. The van der Waals surface area contributed by atoms with Gasteiger partial charge in [0.1, 0.15) is 0 Å². The van der Waals surface area contributed by atoms with Crippen molar-refractivity contribution in [1.82, 2.24) is 0 Å². The van der Waals surface area contributed by atoms with Crippen molar-refractivity contribution in [2.75, 3.05) is 13.7 Å². The number of hydrogen-bond acceptors (Lipinski definition) is 2. The predicted octanol–water partition coefficient (Wildman–Crippen LogP) is 2.19. The van der Waals surface area contributed by atoms with E-state index >= 15 is 0 Å². The Morgan fingerprint density at radius 3 is 2.55 bits per heavy atom. The van der Waals surface area contributed by atoms with Crippen LogP contribution in [-0.2, 0) is 9.47 Å². The molecule has 0 N–H and O–H groups in total. The monoisotopic (exact) mass is 158 g/mol. The first-order valence-electron chi connectivity index (χ1n) is 4.47. The van der Waals surface area contributed by atoms with Gasteiger partial charge in [-0.15, -0.1) is 0 Å². The molecule has 1 atom stereocenters. The normalized spacial score (nSPS) is 22.4. The molecule has 0 aromatic rings. The third-order valence-corrected chi connectivity index (χ3v) is 2.37. The summed E-state index contributed by atoms with van der Waals surface area (Å²) in [6.45, 7) is 2.82. The summed E-state index contributed by atoms with van der Waals surface area (Å²) in [5.41, 5.74) is 0. The van der Waals surface area contributed by atoms with E-state index in [9.17, 15) is 0 Å². The molecule has 66 valence electrons. The molecular weight excluding hydrogens is 140 g/mol. The minimum absolute atomic E-state index is 0.0319. The maximum Gasteiger partial charge on any atom is 0.154 e. The van der Waals surface area contributed by atoms with Gasteiger partial charge in [0.15, 0.2) is 6.29 Å². The molecule has 1 rings (SSSR count). The van der Waals surface area contributed by atoms with Gasteiger partial charge in [-0.1, -0.05) is 12.8 Å². The van der Waals surface area contributed by atoms with Crippen LogP contribution >= 0.6 is 0 Å². The van der Waals surface area contributed by atoms with Gasteiger partial charge in [-0.3, -0.25) is 0 Å². The van der Waals surface area contributed by atoms with Gasteiger partial charge in [-0.2, -0.15) is 0 Å². The van der Waals surface area contributed by atoms with E-state index in [0.717, 1.165) is 12.5 Å². The Morgan fingerprint density at radius 2 is 2.00 bits per heavy atom. The number of ether oxygens (including phenoxy) is 2. The molecule has 0 radical (unpaired) electrons. The summed E-state index contributed by atoms with van der Waals surface area (Å²) in [4.78, 5) is 0. The molecule has 1 saturated carbocycles. The first-order valence-corrected chi connectivity index (χ1v) is 4.47. The third-order valence-electron chi connectivity index (χ3n) is 2.37. The molecule has 0 amide bonds. The van der Waals surface area contributed by atoms with Gasteiger partial charge in [0.2, 0.25) is 0 Å². The van der Waals surface area contributed by atoms with Crippen LogP contribution in [0.25, 0.3) is 0 Å². The summed E-state index contributed by atoms with van der Waals surface area (Å²) in [5.74, 6) is 0.799. The zero-order valence-electron chi connectivity index (χ0n) is 7.51. The van der Waals surface area contributed by atoms with Crippen molar-refractivity contribution >= 4 is 0 Å². The van der Waals surface area contributed by atoms with Crippen LogP contribution in [0, 0.1) is 5.92 Å². The van der Waals surface area contributed by atoms with Gasteiger partial charge in [0.05, 0.1) is 6.61 Å². The molecule has 1 aliphatic carbocycles. The van der Waals surface area contributed by atoms with Gasteiger partial charge in [0, 0.05) is 7.11 Å². The molecule has 2 nitrogen and oxygen atoms in total. The summed E-state index contributed by atoms with van der Waals surface area (Å²) in [5, 5.41) is 0. The summed E-state index contributed by atoms with van der Waals surface area (Å²) in [6, 6.07) is 0. The molecule has 1 unspecified atom stereocenters. The standard InChI is InChI=1S/C9H18O2/c1-8(10-2)11-7-9-5-3-4-6-9/h8-9H,3-7H2,1-2H3. The Morgan fingerprint density at radius 1 is 1.36 bits per heavy atom. The zero-order chi connectivity index (χ0) is 8.10. The molecule has 0 saturated heterocycles. The quantitative estimate of drug-likeness (QED) is 0.584. The molecular formula is C9H18O2. The second-order valence-corrected chi connectivity index (χ2v) is 3.29. The van der Waals surface area contributed by atoms with E-state index in [4.69, 9.17) is 9.47 Å². The maximum absolute atomic E-state index is 5.45. The second-order valence-electron chi connectivity index (χ2n) is 3.29. The predicted molar refractivity (Wildman–Crippen MR) is 44.4 cm³/mol. The lowest BCUT2D eigenvalue weighted by Crippen LogP contribution is -2.15. The molecule has 0 aliphatic heterocycles. The molecule has 1 fully saturated rings. The van der Waals surface area contributed by atoms with E-state index in [1.807, 2.05) is 6.92 Å². The largest absolute Gasteiger partial charge is 0.356 e. The highest BCUT2D eigenvalue weighted by Gasteiger charge is 2.15. The lowest BCUT2D eigenvalue weighted by atomic mass is 10.1. The minimum Gasteiger partial charge on any atom is -0.356 e. The van der Waals surface area contributed by atoms with Crippen molar-refractivity contribution in [1.29, 1.82) is 0 Å². The summed E-state index contributed by atoms with van der Waals surface area (Å²) in [7, 11) is 1.68. The van der Waals surface area contributed by atoms with E-state index in [-0.39, 0.29) is 6.29 Å². The Kier molecular flexibility index (Phi) is 3.87. The Bertz CT molecular complexity index is 97.7. The lowest BCUT2D eigenvalue weighted by Gasteiger charge is -2.14. The SMILES string of the molecule is COC(C)OCC1CCCC1. The first-order chi connectivity index (χ1) is 5.33. The summed E-state index contributed by atoms with van der Waals surface area (Å²) < 4.78 is 10.4. The van der Waals surface area contributed by atoms with Crippen molar-refractivity contribution < 1.29 is 9.47 Å². The number of rotatable bonds is 4. The fourth-order valence-electron chi connectivity index (χ4n) is 1.52. The van der Waals surface area contributed by atoms with Crippen molar-refractivity contribution in [3.8, 4) is 0 Å². The van der Waals surface area contributed by atoms with Gasteiger partial charge in [0.25, 0.3) is 0 Å². The van der Waals surface area contributed by atoms with Gasteiger partial charge in [-0.05, 0) is 25.7 Å². The van der Waals surface area contributed by atoms with E-state index in [1.54, 1.807) is 7.11 Å². The van der Waals surface area contributed by atoms with Crippen molar-refractivity contribution in [2.24, 2.45) is 5.92 Å². The number of hydrogen-bond donors (Lipinski definition) is 0. The zero-order valence-corrected chi connectivity index (χ0v) is 7.51. The van der Waals surface area contributed by atoms with Gasteiger partial charge < -0.3 is 9.47 Å². The smallest absolute Gasteiger partial charge is 0.154 e. The average molecular weight is 158 g/mol. The van der Waals surface area contributed by atoms with Crippen LogP contribution in [0.4, 0.5) is 0 Å². The summed E-state index contributed by atoms with van der Waals surface area (Å²) in [6.07, 6.45) is 5.42. The van der Waals surface area contributed by atoms with Crippen LogP contribution in [0.5, 0.6) is 0 Å². The highest BCUT2D eigenvalue weighted by Crippen LogP contribution is 2.24. The minimum atomic E-state index is -0.0319. The molecule has 0 spiro atoms. The van der Waals surface area contributed by atoms with Gasteiger partial charge in [-0.25, -0.2) is 0 Å². The van der Waals surface area contributed by atoms with Crippen molar-refractivity contribution in [3.63, 3.8) is 0 Å². The maximum atomic E-state index is 5.45. The molecule has 0 aromatic carbocycles. The molecule has 11 heavy (non-hydrogen) atoms. The molecule has 0 heterocycles. The Labute approximate surface area is 68.9 Å². The Balaban J connectivity index is 2.01. The first kappa shape index (κ1) is 9.01. The van der Waals surface area contributed by atoms with Crippen LogP contribution in [0.15, 0.2) is 0 Å². The van der Waals surface area contributed by atoms with Crippen LogP contribution in [0.2, 0.25) is 0 Å². The molecule has 1 aliphatic rings. The van der Waals surface area contributed by atoms with Crippen LogP contribution in [0.3, 0.4) is 0 Å². The van der Waals surface area contributed by atoms with E-state index in [0.29, 0.717) is 0 Å². The highest BCUT2D eigenvalue weighted by molar-refractivity contribution is 4.66. The van der Waals surface area contributed by atoms with Crippen LogP contribution in [0.1, 0.15) is 32.6 Å². The van der Waals surface area contributed by atoms with E-state index in [2.05, 4.69) is 0 Å². The van der Waals surface area contributed by atoms with Crippen LogP contribution in [-0.4, -0.2) is 20.0 Å². The average Bonchev–Trinajstić information content (AvgIpc) is 2.52. The van der Waals surface area contributed by atoms with Crippen LogP contribution < -0.4 is 0 Å². The molecule has 2 heteroatoms. The van der Waals surface area contributed by atoms with E-state index < -0.39 is 0 Å². The lowest BCUT2D eigenvalue weighted by molar-refractivity contribution is -0.119. The Hall–Kier alpha value is -0.0800. The third kappa shape index (κ3) is 3.21. The van der Waals surface area contributed by atoms with Crippen molar-refractivity contribution in [3.05, 3.63) is 0 Å². The molecule has 0 bridgehead atoms. The number of methoxy groups -OCH3 is 1. The highest BCUT2D eigenvalue weighted by atomic mass is 16.7. The van der Waals surface area contributed by atoms with Gasteiger partial charge >= 0.3 is 0 Å². The van der Waals surface area contributed by atoms with E-state index in [1.165, 1.54) is 25.7 Å².